The van der Waals surface area contributed by atoms with E-state index in [1.807, 2.05) is 41.5 Å². The highest BCUT2D eigenvalue weighted by atomic mass is 32.2. The largest absolute Gasteiger partial charge is 0.332 e. The summed E-state index contributed by atoms with van der Waals surface area (Å²) in [6, 6.07) is 60.2. The molecule has 2 N–H and O–H groups in total. The number of benzene rings is 9. The second-order valence-electron chi connectivity index (χ2n) is 27.4. The van der Waals surface area contributed by atoms with Gasteiger partial charge in [-0.2, -0.15) is 25.8 Å². The van der Waals surface area contributed by atoms with Crippen LogP contribution in [0.4, 0.5) is 0 Å². The Kier molecular flexibility index (Phi) is 24.6. The number of nitrogens with one attached hydrogen (secondary N) is 2. The van der Waals surface area contributed by atoms with Crippen molar-refractivity contribution in [1.29, 1.82) is 0 Å². The Morgan fingerprint density at radius 1 is 0.212 bits per heavy atom. The molecule has 0 fully saturated rings. The summed E-state index contributed by atoms with van der Waals surface area (Å²) in [5.74, 6) is 0. The van der Waals surface area contributed by atoms with Crippen molar-refractivity contribution in [2.75, 3.05) is 78.5 Å². The lowest BCUT2D eigenvalue weighted by molar-refractivity contribution is -0.898. The highest BCUT2D eigenvalue weighted by molar-refractivity contribution is 7.90. The molecular weight excluding hydrogens is 1430 g/mol. The lowest BCUT2D eigenvalue weighted by Crippen LogP contribution is -3.14. The van der Waals surface area contributed by atoms with E-state index in [1.165, 1.54) is 25.8 Å². The van der Waals surface area contributed by atoms with Gasteiger partial charge in [-0.15, -0.1) is 0 Å². The second kappa shape index (κ2) is 33.0. The van der Waals surface area contributed by atoms with Crippen LogP contribution in [0.3, 0.4) is 0 Å². The highest BCUT2D eigenvalue weighted by Gasteiger charge is 2.35. The van der Waals surface area contributed by atoms with E-state index in [9.17, 15) is 0 Å². The van der Waals surface area contributed by atoms with E-state index in [0.717, 1.165) is 33.4 Å². The molecule has 8 bridgehead atoms. The molecule has 9 aromatic carbocycles. The first-order chi connectivity index (χ1) is 49.4. The quantitative estimate of drug-likeness (QED) is 0.119. The number of hydrogen-bond donors (Lipinski definition) is 2. The summed E-state index contributed by atoms with van der Waals surface area (Å²) in [5.41, 5.74) is 8.09. The molecular formula is C78H92N8O12S6+2. The van der Waals surface area contributed by atoms with Crippen molar-refractivity contribution in [1.82, 2.24) is 25.8 Å². The van der Waals surface area contributed by atoms with Crippen LogP contribution < -0.4 is 9.80 Å². The molecule has 550 valence electrons. The number of nitrogens with zero attached hydrogens (tertiary/aromatic N) is 6. The minimum Gasteiger partial charge on any atom is -0.332 e. The van der Waals surface area contributed by atoms with Crippen molar-refractivity contribution in [3.8, 4) is 0 Å². The summed E-state index contributed by atoms with van der Waals surface area (Å²) < 4.78 is 193. The first-order valence-corrected chi connectivity index (χ1v) is 43.4. The topological polar surface area (TPSA) is 233 Å². The zero-order valence-corrected chi connectivity index (χ0v) is 64.4. The Morgan fingerprint density at radius 3 is 0.481 bits per heavy atom. The summed E-state index contributed by atoms with van der Waals surface area (Å²) in [5, 5.41) is 0. The van der Waals surface area contributed by atoms with Gasteiger partial charge in [-0.1, -0.05) is 179 Å². The minimum absolute atomic E-state index is 0.0184. The average Bonchev–Trinajstić information content (AvgIpc) is 0.832. The Balaban J connectivity index is 1.13. The number of sulfonamides is 6. The van der Waals surface area contributed by atoms with Crippen LogP contribution in [0.5, 0.6) is 0 Å². The fraction of sp³-hybridized carbons (Fsp3) is 0.308. The van der Waals surface area contributed by atoms with E-state index in [2.05, 4.69) is 0 Å². The van der Waals surface area contributed by atoms with E-state index >= 15 is 50.5 Å². The van der Waals surface area contributed by atoms with Gasteiger partial charge >= 0.3 is 0 Å². The molecule has 0 aliphatic carbocycles. The molecule has 3 aliphatic heterocycles. The van der Waals surface area contributed by atoms with Crippen LogP contribution in [0.25, 0.3) is 0 Å². The third-order valence-electron chi connectivity index (χ3n) is 19.4. The fourth-order valence-corrected chi connectivity index (χ4v) is 21.6. The summed E-state index contributed by atoms with van der Waals surface area (Å²) in [4.78, 5) is 1.38. The molecule has 3 heterocycles. The smallest absolute Gasteiger partial charge is 0.243 e. The summed E-state index contributed by atoms with van der Waals surface area (Å²) in [6.07, 6.45) is 0. The van der Waals surface area contributed by atoms with Crippen molar-refractivity contribution in [2.24, 2.45) is 0 Å². The maximum atomic E-state index is 15.4. The average molecular weight is 1530 g/mol. The lowest BCUT2D eigenvalue weighted by atomic mass is 10.1. The minimum atomic E-state index is -4.35. The molecule has 20 nitrogen and oxygen atoms in total. The van der Waals surface area contributed by atoms with Gasteiger partial charge in [-0.25, -0.2) is 50.5 Å². The van der Waals surface area contributed by atoms with Gasteiger partial charge in [0, 0.05) is 39.3 Å². The maximum Gasteiger partial charge on any atom is 0.243 e. The van der Waals surface area contributed by atoms with Crippen LogP contribution in [0, 0.1) is 41.5 Å². The van der Waals surface area contributed by atoms with Crippen LogP contribution >= 0.6 is 0 Å². The van der Waals surface area contributed by atoms with E-state index in [4.69, 9.17) is 0 Å². The predicted octanol–water partition coefficient (Wildman–Crippen LogP) is 7.88. The highest BCUT2D eigenvalue weighted by Crippen LogP contribution is 2.28. The Morgan fingerprint density at radius 2 is 0.346 bits per heavy atom. The van der Waals surface area contributed by atoms with Crippen molar-refractivity contribution in [3.05, 3.63) is 285 Å². The molecule has 9 aromatic rings. The molecule has 0 atom stereocenters. The van der Waals surface area contributed by atoms with Crippen molar-refractivity contribution in [3.63, 3.8) is 0 Å². The van der Waals surface area contributed by atoms with Gasteiger partial charge < -0.3 is 9.80 Å². The molecule has 104 heavy (non-hydrogen) atoms. The first-order valence-electron chi connectivity index (χ1n) is 34.7. The van der Waals surface area contributed by atoms with Crippen molar-refractivity contribution in [2.45, 2.75) is 110 Å². The predicted molar refractivity (Wildman–Crippen MR) is 403 cm³/mol. The molecule has 0 saturated heterocycles. The zero-order valence-electron chi connectivity index (χ0n) is 59.5. The number of hydrogen-bond acceptors (Lipinski definition) is 12. The summed E-state index contributed by atoms with van der Waals surface area (Å²) >= 11 is 0. The molecule has 0 amide bonds. The molecule has 26 heteroatoms. The third-order valence-corrected chi connectivity index (χ3v) is 30.5. The Labute approximate surface area is 615 Å². The molecule has 0 radical (unpaired) electrons. The zero-order chi connectivity index (χ0) is 74.2. The summed E-state index contributed by atoms with van der Waals surface area (Å²) in [6.45, 7) is 9.09. The summed E-state index contributed by atoms with van der Waals surface area (Å²) in [7, 11) is -26.1. The van der Waals surface area contributed by atoms with Gasteiger partial charge in [0.25, 0.3) is 0 Å². The van der Waals surface area contributed by atoms with Crippen LogP contribution in [-0.2, 0) is 99.4 Å². The normalized spacial score (nSPS) is 18.4. The van der Waals surface area contributed by atoms with Gasteiger partial charge in [0.15, 0.2) is 0 Å². The number of aryl methyl sites for hydroxylation is 6. The van der Waals surface area contributed by atoms with Gasteiger partial charge in [0.05, 0.1) is 108 Å². The molecule has 0 aromatic heterocycles. The fourth-order valence-electron chi connectivity index (χ4n) is 13.0. The van der Waals surface area contributed by atoms with Crippen LogP contribution in [0.2, 0.25) is 0 Å². The van der Waals surface area contributed by atoms with Gasteiger partial charge in [-0.3, -0.25) is 0 Å². The number of fused-ring (bicyclic) bond motifs is 18. The van der Waals surface area contributed by atoms with E-state index in [1.54, 1.807) is 218 Å². The van der Waals surface area contributed by atoms with Gasteiger partial charge in [0.1, 0.15) is 0 Å². The molecule has 3 aliphatic rings. The molecule has 12 rings (SSSR count). The van der Waals surface area contributed by atoms with Crippen LogP contribution in [0.15, 0.2) is 248 Å². The lowest BCUT2D eigenvalue weighted by Gasteiger charge is -2.31. The molecule has 0 unspecified atom stereocenters. The van der Waals surface area contributed by atoms with Crippen LogP contribution in [-0.4, -0.2) is 155 Å². The third kappa shape index (κ3) is 18.9. The van der Waals surface area contributed by atoms with Crippen molar-refractivity contribution < 1.29 is 60.3 Å². The van der Waals surface area contributed by atoms with Crippen LogP contribution in [0.1, 0.15) is 66.8 Å². The number of quaternary nitrogens is 2. The Bertz CT molecular complexity index is 4360. The second-order valence-corrected chi connectivity index (χ2v) is 39.0. The molecule has 0 saturated carbocycles. The number of rotatable bonds is 12. The first kappa shape index (κ1) is 77.5. The molecule has 0 spiro atoms. The van der Waals surface area contributed by atoms with E-state index in [0.29, 0.717) is 43.2 Å². The monoisotopic (exact) mass is 1520 g/mol. The Hall–Kier alpha value is -7.64. The van der Waals surface area contributed by atoms with E-state index < -0.39 is 60.1 Å². The standard InChI is InChI=1S/C78H90N8O12S6/c1-61-16-28-73(29-17-61)99(87,88)81-46-40-79-41-47-82(100(89,90)74-30-18-62(2)19-31-74)57-69-12-8-14-71(53-69)59-85(103(95,96)77-36-24-65(5)25-37-77)50-44-80(43-49-84(56-68-11-7-10-67(52-68)55-81)102(93,94)76-34-22-64(4)23-35-76)45-51-86(104(97,98)78-38-26-66(6)27-39-78)60-72-15-9-13-70(54-72)58-83(48-42-79)101(91,92)75-32-20-63(3)21-33-75/h7-39,52-54H,40-51,55-60H2,1-6H3/p+2. The van der Waals surface area contributed by atoms with E-state index in [-0.39, 0.29) is 147 Å². The SMILES string of the molecule is Cc1ccc(S(=O)(=O)N2CC[NH+]3CCN(S(=O)(=O)c4ccc(C)cc4)Cc4cccc(c4)CN(S(=O)(=O)c4ccc(C)cc4)CC[NH+](CCN(S(=O)(=O)c4ccc(C)cc4)Cc4cccc(c4)C2)CCN(S(=O)(=O)c2ccc(C)cc2)Cc2cccc(c2)CN(S(=O)(=O)c2ccc(C)cc2)CC3)cc1. The van der Waals surface area contributed by atoms with Gasteiger partial charge in [-0.05, 0) is 148 Å². The maximum absolute atomic E-state index is 15.4. The van der Waals surface area contributed by atoms with Crippen molar-refractivity contribution >= 4 is 60.1 Å². The van der Waals surface area contributed by atoms with Gasteiger partial charge in [0.2, 0.25) is 60.1 Å².